The summed E-state index contributed by atoms with van der Waals surface area (Å²) in [6.45, 7) is 0.640. The zero-order valence-corrected chi connectivity index (χ0v) is 9.99. The molecule has 1 heterocycles. The fourth-order valence-electron chi connectivity index (χ4n) is 1.52. The maximum Gasteiger partial charge on any atom is 0.0946 e. The topological polar surface area (TPSA) is 43.8 Å². The van der Waals surface area contributed by atoms with E-state index in [9.17, 15) is 0 Å². The van der Waals surface area contributed by atoms with Crippen LogP contribution in [0.25, 0.3) is 0 Å². The third-order valence-corrected chi connectivity index (χ3v) is 2.89. The highest BCUT2D eigenvalue weighted by molar-refractivity contribution is 6.35. The molecule has 2 N–H and O–H groups in total. The fourth-order valence-corrected chi connectivity index (χ4v) is 2.07. The lowest BCUT2D eigenvalue weighted by molar-refractivity contribution is 0.577. The number of hydrogen-bond acceptors (Lipinski definition) is 2. The minimum Gasteiger partial charge on any atom is -0.336 e. The molecule has 5 heteroatoms. The molecule has 0 fully saturated rings. The van der Waals surface area contributed by atoms with Gasteiger partial charge in [0, 0.05) is 35.0 Å². The van der Waals surface area contributed by atoms with Crippen LogP contribution in [0.2, 0.25) is 10.0 Å². The Morgan fingerprint density at radius 3 is 2.81 bits per heavy atom. The number of hydrogen-bond donors (Lipinski definition) is 1. The van der Waals surface area contributed by atoms with Crippen molar-refractivity contribution in [1.29, 1.82) is 0 Å². The third kappa shape index (κ3) is 2.55. The van der Waals surface area contributed by atoms with E-state index < -0.39 is 0 Å². The number of nitrogens with zero attached hydrogens (tertiary/aromatic N) is 2. The van der Waals surface area contributed by atoms with E-state index in [0.717, 1.165) is 5.56 Å². The van der Waals surface area contributed by atoms with Crippen LogP contribution in [0.3, 0.4) is 0 Å². The smallest absolute Gasteiger partial charge is 0.0946 e. The van der Waals surface area contributed by atoms with Gasteiger partial charge in [-0.2, -0.15) is 0 Å². The number of halogens is 2. The molecule has 0 saturated heterocycles. The fraction of sp³-hybridized carbons (Fsp3) is 0.182. The number of aromatic nitrogens is 2. The van der Waals surface area contributed by atoms with Gasteiger partial charge in [-0.15, -0.1) is 0 Å². The van der Waals surface area contributed by atoms with Crippen molar-refractivity contribution in [3.8, 4) is 0 Å². The standard InChI is InChI=1S/C11H11Cl2N3/c12-8-1-2-9(10(13)5-8)11(14)6-16-4-3-15-7-16/h1-5,7,11H,6,14H2. The van der Waals surface area contributed by atoms with Crippen molar-refractivity contribution in [3.63, 3.8) is 0 Å². The van der Waals surface area contributed by atoms with E-state index in [-0.39, 0.29) is 6.04 Å². The molecule has 0 bridgehead atoms. The summed E-state index contributed by atoms with van der Waals surface area (Å²) >= 11 is 11.9. The van der Waals surface area contributed by atoms with Gasteiger partial charge >= 0.3 is 0 Å². The summed E-state index contributed by atoms with van der Waals surface area (Å²) in [7, 11) is 0. The van der Waals surface area contributed by atoms with Crippen LogP contribution in [0.4, 0.5) is 0 Å². The Bertz CT molecular complexity index is 468. The molecule has 0 aliphatic carbocycles. The van der Waals surface area contributed by atoms with Crippen LogP contribution in [0.1, 0.15) is 11.6 Å². The van der Waals surface area contributed by atoms with Crippen LogP contribution < -0.4 is 5.73 Å². The Hall–Kier alpha value is -1.03. The molecule has 0 radical (unpaired) electrons. The Kier molecular flexibility index (Phi) is 3.49. The van der Waals surface area contributed by atoms with Gasteiger partial charge in [-0.1, -0.05) is 29.3 Å². The predicted molar refractivity (Wildman–Crippen MR) is 65.6 cm³/mol. The number of imidazole rings is 1. The minimum absolute atomic E-state index is 0.168. The lowest BCUT2D eigenvalue weighted by Crippen LogP contribution is -2.17. The van der Waals surface area contributed by atoms with Crippen LogP contribution in [-0.4, -0.2) is 9.55 Å². The third-order valence-electron chi connectivity index (χ3n) is 2.33. The molecular formula is C11H11Cl2N3. The second kappa shape index (κ2) is 4.87. The summed E-state index contributed by atoms with van der Waals surface area (Å²) in [5.41, 5.74) is 6.95. The number of benzene rings is 1. The molecule has 84 valence electrons. The van der Waals surface area contributed by atoms with E-state index in [1.165, 1.54) is 0 Å². The molecule has 0 aliphatic rings. The second-order valence-electron chi connectivity index (χ2n) is 3.53. The summed E-state index contributed by atoms with van der Waals surface area (Å²) in [5.74, 6) is 0. The van der Waals surface area contributed by atoms with Gasteiger partial charge < -0.3 is 10.3 Å². The Balaban J connectivity index is 2.17. The largest absolute Gasteiger partial charge is 0.336 e. The maximum atomic E-state index is 6.08. The van der Waals surface area contributed by atoms with Gasteiger partial charge in [-0.05, 0) is 17.7 Å². The molecule has 0 saturated carbocycles. The van der Waals surface area contributed by atoms with Gasteiger partial charge in [0.25, 0.3) is 0 Å². The number of rotatable bonds is 3. The summed E-state index contributed by atoms with van der Waals surface area (Å²) in [6, 6.07) is 5.17. The quantitative estimate of drug-likeness (QED) is 0.917. The molecule has 1 atom stereocenters. The first-order valence-electron chi connectivity index (χ1n) is 4.83. The molecule has 1 aromatic heterocycles. The summed E-state index contributed by atoms with van der Waals surface area (Å²) in [6.07, 6.45) is 5.31. The van der Waals surface area contributed by atoms with Gasteiger partial charge in [0.05, 0.1) is 6.33 Å². The van der Waals surface area contributed by atoms with Gasteiger partial charge in [0.15, 0.2) is 0 Å². The molecule has 1 aromatic carbocycles. The van der Waals surface area contributed by atoms with E-state index in [0.29, 0.717) is 16.6 Å². The van der Waals surface area contributed by atoms with Crippen molar-refractivity contribution in [2.45, 2.75) is 12.6 Å². The van der Waals surface area contributed by atoms with Crippen LogP contribution in [0.15, 0.2) is 36.9 Å². The summed E-state index contributed by atoms with van der Waals surface area (Å²) in [5, 5.41) is 1.21. The lowest BCUT2D eigenvalue weighted by atomic mass is 10.1. The molecule has 1 unspecified atom stereocenters. The molecule has 3 nitrogen and oxygen atoms in total. The average Bonchev–Trinajstić information content (AvgIpc) is 2.70. The molecule has 2 aromatic rings. The van der Waals surface area contributed by atoms with Crippen molar-refractivity contribution in [2.24, 2.45) is 5.73 Å². The van der Waals surface area contributed by atoms with E-state index in [1.807, 2.05) is 16.8 Å². The van der Waals surface area contributed by atoms with Crippen molar-refractivity contribution in [3.05, 3.63) is 52.5 Å². The molecule has 0 aliphatic heterocycles. The highest BCUT2D eigenvalue weighted by Crippen LogP contribution is 2.25. The van der Waals surface area contributed by atoms with Crippen LogP contribution in [0.5, 0.6) is 0 Å². The van der Waals surface area contributed by atoms with E-state index in [2.05, 4.69) is 4.98 Å². The van der Waals surface area contributed by atoms with Gasteiger partial charge in [-0.25, -0.2) is 4.98 Å². The zero-order valence-electron chi connectivity index (χ0n) is 8.48. The Morgan fingerprint density at radius 1 is 1.38 bits per heavy atom. The molecular weight excluding hydrogens is 245 g/mol. The van der Waals surface area contributed by atoms with Crippen LogP contribution in [-0.2, 0) is 6.54 Å². The van der Waals surface area contributed by atoms with E-state index in [4.69, 9.17) is 28.9 Å². The maximum absolute atomic E-state index is 6.08. The van der Waals surface area contributed by atoms with Crippen molar-refractivity contribution in [2.75, 3.05) is 0 Å². The number of nitrogens with two attached hydrogens (primary N) is 1. The van der Waals surface area contributed by atoms with E-state index >= 15 is 0 Å². The second-order valence-corrected chi connectivity index (χ2v) is 4.38. The molecule has 16 heavy (non-hydrogen) atoms. The minimum atomic E-state index is -0.168. The Labute approximate surface area is 104 Å². The average molecular weight is 256 g/mol. The van der Waals surface area contributed by atoms with Crippen molar-refractivity contribution in [1.82, 2.24) is 9.55 Å². The molecule has 0 spiro atoms. The Morgan fingerprint density at radius 2 is 2.19 bits per heavy atom. The first-order valence-corrected chi connectivity index (χ1v) is 5.58. The van der Waals surface area contributed by atoms with Crippen molar-refractivity contribution < 1.29 is 0 Å². The van der Waals surface area contributed by atoms with Crippen LogP contribution >= 0.6 is 23.2 Å². The highest BCUT2D eigenvalue weighted by atomic mass is 35.5. The highest BCUT2D eigenvalue weighted by Gasteiger charge is 2.10. The first-order chi connectivity index (χ1) is 7.66. The van der Waals surface area contributed by atoms with Gasteiger partial charge in [-0.3, -0.25) is 0 Å². The van der Waals surface area contributed by atoms with Gasteiger partial charge in [0.2, 0.25) is 0 Å². The molecule has 2 rings (SSSR count). The van der Waals surface area contributed by atoms with Gasteiger partial charge in [0.1, 0.15) is 0 Å². The first kappa shape index (κ1) is 11.5. The monoisotopic (exact) mass is 255 g/mol. The van der Waals surface area contributed by atoms with Crippen LogP contribution in [0, 0.1) is 0 Å². The molecule has 0 amide bonds. The lowest BCUT2D eigenvalue weighted by Gasteiger charge is -2.14. The van der Waals surface area contributed by atoms with Crippen molar-refractivity contribution >= 4 is 23.2 Å². The SMILES string of the molecule is NC(Cn1ccnc1)c1ccc(Cl)cc1Cl. The van der Waals surface area contributed by atoms with E-state index in [1.54, 1.807) is 24.7 Å². The summed E-state index contributed by atoms with van der Waals surface area (Å²) in [4.78, 5) is 3.96. The summed E-state index contributed by atoms with van der Waals surface area (Å²) < 4.78 is 1.91. The predicted octanol–water partition coefficient (Wildman–Crippen LogP) is 2.89. The zero-order chi connectivity index (χ0) is 11.5. The normalized spacial score (nSPS) is 12.7.